The number of piperidine rings is 1. The van der Waals surface area contributed by atoms with Gasteiger partial charge in [0.2, 0.25) is 0 Å². The molecule has 36 heavy (non-hydrogen) atoms. The van der Waals surface area contributed by atoms with Gasteiger partial charge in [0.25, 0.3) is 18.5 Å². The van der Waals surface area contributed by atoms with E-state index in [1.54, 1.807) is 7.11 Å². The van der Waals surface area contributed by atoms with E-state index < -0.39 is 0 Å². The van der Waals surface area contributed by atoms with Gasteiger partial charge in [-0.3, -0.25) is 24.2 Å². The number of aromatic nitrogens is 3. The molecule has 0 spiro atoms. The van der Waals surface area contributed by atoms with Crippen molar-refractivity contribution >= 4 is 12.9 Å². The first-order valence-electron chi connectivity index (χ1n) is 12.2. The third-order valence-corrected chi connectivity index (χ3v) is 7.29. The molecule has 2 fully saturated rings. The molecular weight excluding hydrogens is 466 g/mol. The minimum absolute atomic E-state index is 0.227. The largest absolute Gasteiger partial charge is 0.483 e. The van der Waals surface area contributed by atoms with Gasteiger partial charge in [0.1, 0.15) is 0 Å². The van der Waals surface area contributed by atoms with Crippen LogP contribution in [0.15, 0.2) is 29.5 Å². The van der Waals surface area contributed by atoms with Gasteiger partial charge in [-0.2, -0.15) is 0 Å². The van der Waals surface area contributed by atoms with Crippen LogP contribution in [0.2, 0.25) is 0 Å². The van der Waals surface area contributed by atoms with Crippen LogP contribution in [0, 0.1) is 5.92 Å². The minimum Gasteiger partial charge on any atom is -0.483 e. The zero-order chi connectivity index (χ0) is 26.1. The van der Waals surface area contributed by atoms with E-state index in [1.807, 2.05) is 12.5 Å². The third-order valence-electron chi connectivity index (χ3n) is 7.29. The van der Waals surface area contributed by atoms with Gasteiger partial charge in [-0.15, -0.1) is 0 Å². The molecule has 0 saturated carbocycles. The number of hydrogen-bond acceptors (Lipinski definition) is 7. The topological polar surface area (TPSA) is 130 Å². The lowest BCUT2D eigenvalue weighted by molar-refractivity contribution is -0.123. The number of aryl methyl sites for hydroxylation is 1. The number of nitrogens with zero attached hydrogens (tertiary/aromatic N) is 5. The summed E-state index contributed by atoms with van der Waals surface area (Å²) in [5, 5.41) is 13.8. The minimum atomic E-state index is -0.250. The number of ether oxygens (including phenoxy) is 1. The zero-order valence-electron chi connectivity index (χ0n) is 21.0. The predicted octanol–water partition coefficient (Wildman–Crippen LogP) is 1.21. The van der Waals surface area contributed by atoms with Gasteiger partial charge in [0, 0.05) is 76.3 Å². The Morgan fingerprint density at radius 2 is 1.89 bits per heavy atom. The summed E-state index contributed by atoms with van der Waals surface area (Å²) < 4.78 is 9.58. The van der Waals surface area contributed by atoms with Crippen LogP contribution in [0.1, 0.15) is 42.1 Å². The van der Waals surface area contributed by atoms with Gasteiger partial charge >= 0.3 is 0 Å². The lowest BCUT2D eigenvalue weighted by Crippen LogP contribution is -2.47. The summed E-state index contributed by atoms with van der Waals surface area (Å²) in [5.74, 6) is 0.992. The molecule has 0 unspecified atom stereocenters. The number of pyridine rings is 1. The van der Waals surface area contributed by atoms with E-state index in [0.717, 1.165) is 57.9 Å². The number of methoxy groups -OCH3 is 1. The van der Waals surface area contributed by atoms with Crippen molar-refractivity contribution in [3.63, 3.8) is 0 Å². The van der Waals surface area contributed by atoms with Gasteiger partial charge in [0.05, 0.1) is 18.6 Å². The molecule has 0 radical (unpaired) electrons. The molecule has 3 aliphatic heterocycles. The van der Waals surface area contributed by atoms with Crippen molar-refractivity contribution in [1.82, 2.24) is 23.9 Å². The van der Waals surface area contributed by atoms with E-state index in [1.165, 1.54) is 24.2 Å². The van der Waals surface area contributed by atoms with Crippen molar-refractivity contribution in [2.75, 3.05) is 33.4 Å². The van der Waals surface area contributed by atoms with Crippen LogP contribution < -0.4 is 5.56 Å². The maximum Gasteiger partial charge on any atom is 0.290 e. The van der Waals surface area contributed by atoms with Crippen LogP contribution in [-0.4, -0.2) is 86.5 Å². The third kappa shape index (κ3) is 6.59. The average Bonchev–Trinajstić information content (AvgIpc) is 3.46. The van der Waals surface area contributed by atoms with Crippen LogP contribution in [0.5, 0.6) is 0 Å². The Hall–Kier alpha value is -3.02. The average molecular weight is 504 g/mol. The highest BCUT2D eigenvalue weighted by atomic mass is 16.5. The molecule has 11 nitrogen and oxygen atoms in total. The Morgan fingerprint density at radius 1 is 1.14 bits per heavy atom. The molecule has 3 aliphatic rings. The lowest BCUT2D eigenvalue weighted by Gasteiger charge is -2.43. The quantitative estimate of drug-likeness (QED) is 0.559. The Kier molecular flexibility index (Phi) is 10.2. The van der Waals surface area contributed by atoms with E-state index in [9.17, 15) is 4.79 Å². The summed E-state index contributed by atoms with van der Waals surface area (Å²) in [7, 11) is 3.82. The molecular formula is C25H37N5O6. The fraction of sp³-hybridized carbons (Fsp3) is 0.600. The molecule has 2 aromatic heterocycles. The monoisotopic (exact) mass is 503 g/mol. The van der Waals surface area contributed by atoms with E-state index >= 15 is 0 Å². The predicted molar refractivity (Wildman–Crippen MR) is 133 cm³/mol. The molecule has 0 aliphatic carbocycles. The molecule has 5 rings (SSSR count). The Bertz CT molecular complexity index is 1050. The highest BCUT2D eigenvalue weighted by Gasteiger charge is 2.35. The molecule has 2 bridgehead atoms. The second-order valence-electron chi connectivity index (χ2n) is 9.62. The standard InChI is InChI=1S/C23H33N5O2.2CH2O2/c1-25-16-24-9-21(25)14-26-10-17-8-19(12-26)22-6-5-18(23(29)28(22)11-17)13-27-7-3-4-20(27)15-30-2;2*2-1-3/h5-6,9,16-17,19-20H,3-4,7-8,10-15H2,1-2H3;2*1H,(H,2,3)/t17-,19+,20-;;/m0../s1. The molecule has 2 saturated heterocycles. The number of imidazole rings is 1. The number of fused-ring (bicyclic) bond motifs is 4. The van der Waals surface area contributed by atoms with Gasteiger partial charge < -0.3 is 24.1 Å². The maximum atomic E-state index is 13.4. The molecule has 0 amide bonds. The Labute approximate surface area is 210 Å². The molecule has 11 heteroatoms. The van der Waals surface area contributed by atoms with Gasteiger partial charge in [-0.25, -0.2) is 4.98 Å². The number of likely N-dealkylation sites (tertiary alicyclic amines) is 2. The van der Waals surface area contributed by atoms with Crippen molar-refractivity contribution in [3.05, 3.63) is 52.0 Å². The van der Waals surface area contributed by atoms with Crippen molar-refractivity contribution < 1.29 is 24.5 Å². The van der Waals surface area contributed by atoms with Gasteiger partial charge in [0.15, 0.2) is 0 Å². The second kappa shape index (κ2) is 13.3. The molecule has 198 valence electrons. The Morgan fingerprint density at radius 3 is 2.56 bits per heavy atom. The first kappa shape index (κ1) is 27.6. The van der Waals surface area contributed by atoms with E-state index in [-0.39, 0.29) is 18.5 Å². The molecule has 3 atom stereocenters. The summed E-state index contributed by atoms with van der Waals surface area (Å²) >= 11 is 0. The normalized spacial score (nSPS) is 23.0. The zero-order valence-corrected chi connectivity index (χ0v) is 21.0. The van der Waals surface area contributed by atoms with Crippen LogP contribution in [-0.2, 0) is 41.0 Å². The first-order valence-corrected chi connectivity index (χ1v) is 12.2. The van der Waals surface area contributed by atoms with Gasteiger partial charge in [-0.1, -0.05) is 6.07 Å². The van der Waals surface area contributed by atoms with Crippen LogP contribution in [0.25, 0.3) is 0 Å². The Balaban J connectivity index is 0.000000550. The number of rotatable bonds is 6. The SMILES string of the molecule is COC[C@@H]1CCCN1Cc1ccc2n(c1=O)C[C@H]1C[C@@H]2CN(Cc2cncn2C)C1.O=CO.O=CO. The van der Waals surface area contributed by atoms with Crippen molar-refractivity contribution in [2.24, 2.45) is 13.0 Å². The van der Waals surface area contributed by atoms with Crippen molar-refractivity contribution in [2.45, 2.75) is 50.9 Å². The van der Waals surface area contributed by atoms with Gasteiger partial charge in [-0.05, 0) is 37.8 Å². The summed E-state index contributed by atoms with van der Waals surface area (Å²) in [6.07, 6.45) is 7.38. The van der Waals surface area contributed by atoms with Crippen LogP contribution in [0.3, 0.4) is 0 Å². The van der Waals surface area contributed by atoms with E-state index in [4.69, 9.17) is 24.5 Å². The molecule has 2 aromatic rings. The maximum absolute atomic E-state index is 13.4. The number of carboxylic acid groups (broad SMARTS) is 2. The summed E-state index contributed by atoms with van der Waals surface area (Å²) in [6.45, 7) is 5.91. The fourth-order valence-corrected chi connectivity index (χ4v) is 5.81. The highest BCUT2D eigenvalue weighted by Crippen LogP contribution is 2.35. The summed E-state index contributed by atoms with van der Waals surface area (Å²) in [5.41, 5.74) is 3.64. The first-order chi connectivity index (χ1) is 17.4. The second-order valence-corrected chi connectivity index (χ2v) is 9.62. The number of hydrogen-bond donors (Lipinski definition) is 2. The fourth-order valence-electron chi connectivity index (χ4n) is 5.81. The van der Waals surface area contributed by atoms with Crippen LogP contribution >= 0.6 is 0 Å². The lowest BCUT2D eigenvalue weighted by atomic mass is 9.83. The van der Waals surface area contributed by atoms with Crippen LogP contribution in [0.4, 0.5) is 0 Å². The van der Waals surface area contributed by atoms with Crippen molar-refractivity contribution in [1.29, 1.82) is 0 Å². The number of carbonyl (C=O) groups is 2. The highest BCUT2D eigenvalue weighted by molar-refractivity contribution is 5.33. The molecule has 0 aromatic carbocycles. The van der Waals surface area contributed by atoms with E-state index in [2.05, 4.69) is 43.1 Å². The van der Waals surface area contributed by atoms with E-state index in [0.29, 0.717) is 17.9 Å². The summed E-state index contributed by atoms with van der Waals surface area (Å²) in [6, 6.07) is 4.76. The van der Waals surface area contributed by atoms with Crippen molar-refractivity contribution in [3.8, 4) is 0 Å². The summed E-state index contributed by atoms with van der Waals surface area (Å²) in [4.78, 5) is 39.3. The molecule has 2 N–H and O–H groups in total. The smallest absolute Gasteiger partial charge is 0.290 e. The molecule has 5 heterocycles.